The van der Waals surface area contributed by atoms with Crippen LogP contribution in [0.2, 0.25) is 0 Å². The van der Waals surface area contributed by atoms with Gasteiger partial charge in [0.25, 0.3) is 0 Å². The van der Waals surface area contributed by atoms with Gasteiger partial charge in [0, 0.05) is 18.7 Å². The molecule has 0 saturated carbocycles. The van der Waals surface area contributed by atoms with E-state index in [4.69, 9.17) is 11.5 Å². The molecule has 272 valence electrons. The fourth-order valence-electron chi connectivity index (χ4n) is 5.00. The topological polar surface area (TPSA) is 284 Å². The zero-order valence-electron chi connectivity index (χ0n) is 27.1. The highest BCUT2D eigenvalue weighted by atomic mass is 32.1. The molecule has 0 bridgehead atoms. The third-order valence-corrected chi connectivity index (χ3v) is 9.09. The highest BCUT2D eigenvalue weighted by Crippen LogP contribution is 2.22. The number of aromatic hydroxyl groups is 1. The second kappa shape index (κ2) is 19.2. The van der Waals surface area contributed by atoms with E-state index in [-0.39, 0.29) is 30.9 Å². The van der Waals surface area contributed by atoms with E-state index in [0.29, 0.717) is 18.4 Å². The Bertz CT molecular complexity index is 1370. The zero-order valence-corrected chi connectivity index (χ0v) is 28.9. The molecule has 11 N–H and O–H groups in total. The minimum absolute atomic E-state index is 0.0361. The number of nitrogens with one attached hydrogen (secondary N) is 4. The molecule has 1 aromatic carbocycles. The number of rotatable bonds is 18. The number of carbonyl (C=O) groups excluding carboxylic acids is 6. The number of carboxylic acids is 1. The van der Waals surface area contributed by atoms with Crippen LogP contribution in [0.25, 0.3) is 0 Å². The fourth-order valence-corrected chi connectivity index (χ4v) is 5.39. The standard InChI is InChI=1S/C30H45N7O10S2/c1-3-14(2)22(36-28(44)21(31)23(49)30(46)47)29(45)37-10-4-5-20(37)27(43)35-19(13-48)26(42)33-17(11-15-6-8-16(39)9-7-15)25(41)34-18(12-38)24(32)40/h6-9,14,17-23,38-39,48-49H,3-5,10-13,31H2,1-2H3,(H2,32,40)(H,33,42)(H,34,41)(H,35,43)(H,36,44)(H,46,47)/t14-,17-,18-,19-,20-,21-,22-,23+/m0/s1. The zero-order chi connectivity index (χ0) is 37.0. The minimum Gasteiger partial charge on any atom is -0.508 e. The Morgan fingerprint density at radius 3 is 2.08 bits per heavy atom. The van der Waals surface area contributed by atoms with Gasteiger partial charge in [-0.25, -0.2) is 0 Å². The number of phenolic OH excluding ortho intramolecular Hbond substituents is 1. The fraction of sp³-hybridized carbons (Fsp3) is 0.567. The molecule has 0 radical (unpaired) electrons. The maximum Gasteiger partial charge on any atom is 0.318 e. The number of benzene rings is 1. The summed E-state index contributed by atoms with van der Waals surface area (Å²) in [6.07, 6.45) is 0.998. The summed E-state index contributed by atoms with van der Waals surface area (Å²) in [7, 11) is 0. The van der Waals surface area contributed by atoms with Crippen LogP contribution < -0.4 is 32.7 Å². The second-order valence-corrected chi connectivity index (χ2v) is 12.6. The van der Waals surface area contributed by atoms with Crippen molar-refractivity contribution >= 4 is 66.7 Å². The molecule has 0 unspecified atom stereocenters. The van der Waals surface area contributed by atoms with Crippen molar-refractivity contribution in [3.63, 3.8) is 0 Å². The molecule has 1 aliphatic heterocycles. The maximum absolute atomic E-state index is 13.7. The van der Waals surface area contributed by atoms with Crippen LogP contribution in [-0.4, -0.2) is 122 Å². The average Bonchev–Trinajstić information content (AvgIpc) is 3.57. The molecule has 8 atom stereocenters. The lowest BCUT2D eigenvalue weighted by atomic mass is 9.96. The Hall–Kier alpha value is -4.07. The third-order valence-electron chi connectivity index (χ3n) is 8.18. The average molecular weight is 728 g/mol. The van der Waals surface area contributed by atoms with Crippen LogP contribution in [0, 0.1) is 5.92 Å². The highest BCUT2D eigenvalue weighted by molar-refractivity contribution is 7.81. The molecule has 1 aliphatic rings. The van der Waals surface area contributed by atoms with E-state index in [9.17, 15) is 48.9 Å². The van der Waals surface area contributed by atoms with Crippen LogP contribution in [0.15, 0.2) is 24.3 Å². The highest BCUT2D eigenvalue weighted by Gasteiger charge is 2.41. The molecule has 49 heavy (non-hydrogen) atoms. The molecule has 0 aromatic heterocycles. The molecule has 1 heterocycles. The minimum atomic E-state index is -1.56. The van der Waals surface area contributed by atoms with Gasteiger partial charge in [-0.05, 0) is 36.5 Å². The van der Waals surface area contributed by atoms with E-state index in [2.05, 4.69) is 46.5 Å². The molecule has 1 aromatic rings. The summed E-state index contributed by atoms with van der Waals surface area (Å²) >= 11 is 8.04. The molecule has 17 nitrogen and oxygen atoms in total. The van der Waals surface area contributed by atoms with Crippen molar-refractivity contribution in [1.29, 1.82) is 0 Å². The van der Waals surface area contributed by atoms with Crippen molar-refractivity contribution in [3.8, 4) is 5.75 Å². The van der Waals surface area contributed by atoms with Crippen LogP contribution in [0.1, 0.15) is 38.7 Å². The van der Waals surface area contributed by atoms with E-state index < -0.39 is 95.4 Å². The van der Waals surface area contributed by atoms with E-state index in [0.717, 1.165) is 0 Å². The van der Waals surface area contributed by atoms with Crippen molar-refractivity contribution in [2.75, 3.05) is 18.9 Å². The van der Waals surface area contributed by atoms with Gasteiger partial charge in [-0.3, -0.25) is 33.6 Å². The maximum atomic E-state index is 13.7. The lowest BCUT2D eigenvalue weighted by Crippen LogP contribution is -2.61. The predicted octanol–water partition coefficient (Wildman–Crippen LogP) is -2.97. The van der Waals surface area contributed by atoms with Crippen molar-refractivity contribution in [3.05, 3.63) is 29.8 Å². The summed E-state index contributed by atoms with van der Waals surface area (Å²) in [6, 6.07) is -2.02. The van der Waals surface area contributed by atoms with Crippen molar-refractivity contribution in [2.24, 2.45) is 17.4 Å². The largest absolute Gasteiger partial charge is 0.508 e. The van der Waals surface area contributed by atoms with Crippen molar-refractivity contribution in [2.45, 2.75) is 81.0 Å². The van der Waals surface area contributed by atoms with Gasteiger partial charge in [-0.1, -0.05) is 32.4 Å². The Balaban J connectivity index is 2.22. The van der Waals surface area contributed by atoms with E-state index in [1.54, 1.807) is 13.8 Å². The Morgan fingerprint density at radius 2 is 1.55 bits per heavy atom. The number of hydrogen-bond donors (Lipinski definition) is 11. The SMILES string of the molecule is CC[C@H](C)[C@H](NC(=O)[C@@H](N)[C@@H](S)C(=O)O)C(=O)N1CCC[C@H]1C(=O)N[C@@H](CS)C(=O)N[C@@H](Cc1ccc(O)cc1)C(=O)N[C@@H](CO)C(N)=O. The van der Waals surface area contributed by atoms with Gasteiger partial charge in [-0.2, -0.15) is 25.3 Å². The quantitative estimate of drug-likeness (QED) is 0.0679. The number of carbonyl (C=O) groups is 7. The number of amides is 6. The smallest absolute Gasteiger partial charge is 0.318 e. The number of nitrogens with zero attached hydrogens (tertiary/aromatic N) is 1. The number of carboxylic acid groups (broad SMARTS) is 1. The number of aliphatic hydroxyl groups excluding tert-OH is 1. The molecule has 19 heteroatoms. The molecule has 0 aliphatic carbocycles. The van der Waals surface area contributed by atoms with Crippen molar-refractivity contribution < 1.29 is 48.9 Å². The summed E-state index contributed by atoms with van der Waals surface area (Å²) in [6.45, 7) is 2.85. The molecule has 1 saturated heterocycles. The molecule has 0 spiro atoms. The summed E-state index contributed by atoms with van der Waals surface area (Å²) in [5, 5.41) is 36.6. The summed E-state index contributed by atoms with van der Waals surface area (Å²) in [5.41, 5.74) is 11.5. The Kier molecular flexibility index (Phi) is 16.1. The van der Waals surface area contributed by atoms with E-state index in [1.807, 2.05) is 0 Å². The van der Waals surface area contributed by atoms with Crippen LogP contribution in [0.3, 0.4) is 0 Å². The lowest BCUT2D eigenvalue weighted by Gasteiger charge is -2.32. The number of thiol groups is 2. The van der Waals surface area contributed by atoms with E-state index >= 15 is 0 Å². The molecule has 1 fully saturated rings. The monoisotopic (exact) mass is 727 g/mol. The van der Waals surface area contributed by atoms with Gasteiger partial charge in [0.15, 0.2) is 0 Å². The van der Waals surface area contributed by atoms with Gasteiger partial charge in [0.1, 0.15) is 47.3 Å². The van der Waals surface area contributed by atoms with Crippen LogP contribution >= 0.6 is 25.3 Å². The summed E-state index contributed by atoms with van der Waals surface area (Å²) < 4.78 is 0. The molecule has 6 amide bonds. The predicted molar refractivity (Wildman–Crippen MR) is 182 cm³/mol. The third kappa shape index (κ3) is 11.5. The van der Waals surface area contributed by atoms with Gasteiger partial charge in [-0.15, -0.1) is 0 Å². The second-order valence-electron chi connectivity index (χ2n) is 11.7. The Morgan fingerprint density at radius 1 is 0.959 bits per heavy atom. The number of aliphatic carboxylic acids is 1. The van der Waals surface area contributed by atoms with E-state index in [1.165, 1.54) is 29.2 Å². The Labute approximate surface area is 294 Å². The summed E-state index contributed by atoms with van der Waals surface area (Å²) in [4.78, 5) is 90.7. The van der Waals surface area contributed by atoms with Crippen LogP contribution in [0.5, 0.6) is 5.75 Å². The van der Waals surface area contributed by atoms with Crippen LogP contribution in [-0.2, 0) is 40.0 Å². The molecule has 2 rings (SSSR count). The summed E-state index contributed by atoms with van der Waals surface area (Å²) in [5.74, 6) is -6.98. The molecular weight excluding hydrogens is 683 g/mol. The lowest BCUT2D eigenvalue weighted by molar-refractivity contribution is -0.143. The first-order valence-corrected chi connectivity index (χ1v) is 16.7. The van der Waals surface area contributed by atoms with Crippen molar-refractivity contribution in [1.82, 2.24) is 26.2 Å². The van der Waals surface area contributed by atoms with Gasteiger partial charge in [0.2, 0.25) is 35.4 Å². The normalized spacial score (nSPS) is 18.5. The van der Waals surface area contributed by atoms with Gasteiger partial charge in [0.05, 0.1) is 6.61 Å². The number of nitrogens with two attached hydrogens (primary N) is 2. The number of likely N-dealkylation sites (tertiary alicyclic amines) is 1. The number of primary amides is 1. The number of phenols is 1. The number of aliphatic hydroxyl groups is 1. The van der Waals surface area contributed by atoms with Gasteiger partial charge >= 0.3 is 5.97 Å². The van der Waals surface area contributed by atoms with Crippen LogP contribution in [0.4, 0.5) is 0 Å². The first-order valence-electron chi connectivity index (χ1n) is 15.5. The first-order chi connectivity index (χ1) is 23.1. The number of hydrogen-bond acceptors (Lipinski definition) is 12. The first kappa shape index (κ1) is 41.1. The molecular formula is C30H45N7O10S2. The van der Waals surface area contributed by atoms with Gasteiger partial charge < -0.3 is 53.0 Å².